The Kier molecular flexibility index (Phi) is 7.30. The standard InChI is InChI=1S/C18H25N3O2/c1-2-8-16-20-18(23-21-16)13-6-12-17(22)19-14-7-11-15-9-4-3-5-10-15/h3-5,9-10H,2,6-8,11-14H2,1H3,(H,19,22). The lowest BCUT2D eigenvalue weighted by atomic mass is 10.1. The average Bonchev–Trinajstić information content (AvgIpc) is 3.00. The second-order valence-corrected chi connectivity index (χ2v) is 5.65. The van der Waals surface area contributed by atoms with E-state index in [-0.39, 0.29) is 5.91 Å². The highest BCUT2D eigenvalue weighted by atomic mass is 16.5. The molecule has 1 aromatic heterocycles. The van der Waals surface area contributed by atoms with Crippen molar-refractivity contribution < 1.29 is 9.32 Å². The molecule has 1 aromatic carbocycles. The van der Waals surface area contributed by atoms with E-state index in [9.17, 15) is 4.79 Å². The van der Waals surface area contributed by atoms with Crippen molar-refractivity contribution in [2.45, 2.75) is 51.9 Å². The molecule has 0 radical (unpaired) electrons. The molecule has 0 fully saturated rings. The summed E-state index contributed by atoms with van der Waals surface area (Å²) >= 11 is 0. The van der Waals surface area contributed by atoms with Crippen LogP contribution >= 0.6 is 0 Å². The highest BCUT2D eigenvalue weighted by molar-refractivity contribution is 5.75. The summed E-state index contributed by atoms with van der Waals surface area (Å²) < 4.78 is 5.15. The Balaban J connectivity index is 1.54. The summed E-state index contributed by atoms with van der Waals surface area (Å²) in [6, 6.07) is 10.3. The van der Waals surface area contributed by atoms with Crippen LogP contribution in [0.1, 0.15) is 49.9 Å². The van der Waals surface area contributed by atoms with Crippen LogP contribution < -0.4 is 5.32 Å². The lowest BCUT2D eigenvalue weighted by Crippen LogP contribution is -2.24. The van der Waals surface area contributed by atoms with Gasteiger partial charge in [0.25, 0.3) is 0 Å². The van der Waals surface area contributed by atoms with E-state index in [1.807, 2.05) is 18.2 Å². The van der Waals surface area contributed by atoms with E-state index in [0.717, 1.165) is 44.5 Å². The van der Waals surface area contributed by atoms with E-state index in [1.165, 1.54) is 5.56 Å². The molecule has 2 rings (SSSR count). The smallest absolute Gasteiger partial charge is 0.226 e. The van der Waals surface area contributed by atoms with Crippen molar-refractivity contribution in [1.82, 2.24) is 15.5 Å². The van der Waals surface area contributed by atoms with Crippen molar-refractivity contribution in [3.05, 3.63) is 47.6 Å². The van der Waals surface area contributed by atoms with Crippen molar-refractivity contribution in [3.8, 4) is 0 Å². The van der Waals surface area contributed by atoms with E-state index < -0.39 is 0 Å². The van der Waals surface area contributed by atoms with Gasteiger partial charge in [-0.15, -0.1) is 0 Å². The van der Waals surface area contributed by atoms with Crippen molar-refractivity contribution in [2.24, 2.45) is 0 Å². The Morgan fingerprint density at radius 2 is 1.96 bits per heavy atom. The molecule has 0 aliphatic carbocycles. The van der Waals surface area contributed by atoms with E-state index in [2.05, 4.69) is 34.5 Å². The predicted octanol–water partition coefficient (Wildman–Crippen LogP) is 3.09. The van der Waals surface area contributed by atoms with Crippen LogP contribution in [0.15, 0.2) is 34.9 Å². The number of hydrogen-bond acceptors (Lipinski definition) is 4. The molecule has 124 valence electrons. The molecule has 5 heteroatoms. The van der Waals surface area contributed by atoms with Crippen molar-refractivity contribution in [2.75, 3.05) is 6.54 Å². The Bertz CT molecular complexity index is 581. The van der Waals surface area contributed by atoms with Crippen LogP contribution in [0.25, 0.3) is 0 Å². The van der Waals surface area contributed by atoms with Gasteiger partial charge in [0.15, 0.2) is 5.82 Å². The number of rotatable bonds is 10. The van der Waals surface area contributed by atoms with Gasteiger partial charge < -0.3 is 9.84 Å². The normalized spacial score (nSPS) is 10.7. The van der Waals surface area contributed by atoms with E-state index in [1.54, 1.807) is 0 Å². The third kappa shape index (κ3) is 6.63. The second-order valence-electron chi connectivity index (χ2n) is 5.65. The van der Waals surface area contributed by atoms with Crippen LogP contribution in [0.5, 0.6) is 0 Å². The van der Waals surface area contributed by atoms with E-state index in [0.29, 0.717) is 18.7 Å². The predicted molar refractivity (Wildman–Crippen MR) is 89.0 cm³/mol. The summed E-state index contributed by atoms with van der Waals surface area (Å²) in [7, 11) is 0. The number of carbonyl (C=O) groups is 1. The quantitative estimate of drug-likeness (QED) is 0.684. The van der Waals surface area contributed by atoms with Gasteiger partial charge in [0.05, 0.1) is 0 Å². The number of aryl methyl sites for hydroxylation is 3. The lowest BCUT2D eigenvalue weighted by Gasteiger charge is -2.04. The van der Waals surface area contributed by atoms with Crippen molar-refractivity contribution in [1.29, 1.82) is 0 Å². The summed E-state index contributed by atoms with van der Waals surface area (Å²) in [4.78, 5) is 16.1. The molecular formula is C18H25N3O2. The highest BCUT2D eigenvalue weighted by Gasteiger charge is 2.07. The maximum atomic E-state index is 11.8. The van der Waals surface area contributed by atoms with Crippen LogP contribution in [0.4, 0.5) is 0 Å². The third-order valence-corrected chi connectivity index (χ3v) is 3.59. The van der Waals surface area contributed by atoms with Crippen LogP contribution in [-0.2, 0) is 24.1 Å². The number of hydrogen-bond donors (Lipinski definition) is 1. The first-order valence-electron chi connectivity index (χ1n) is 8.40. The van der Waals surface area contributed by atoms with Crippen LogP contribution in [-0.4, -0.2) is 22.6 Å². The van der Waals surface area contributed by atoms with Crippen LogP contribution in [0.2, 0.25) is 0 Å². The summed E-state index contributed by atoms with van der Waals surface area (Å²) in [6.07, 6.45) is 5.68. The number of carbonyl (C=O) groups excluding carboxylic acids is 1. The van der Waals surface area contributed by atoms with Gasteiger partial charge in [0, 0.05) is 25.8 Å². The summed E-state index contributed by atoms with van der Waals surface area (Å²) in [5.74, 6) is 1.48. The SMILES string of the molecule is CCCc1noc(CCCC(=O)NCCCc2ccccc2)n1. The maximum absolute atomic E-state index is 11.8. The summed E-state index contributed by atoms with van der Waals surface area (Å²) in [5, 5.41) is 6.87. The molecule has 1 N–H and O–H groups in total. The van der Waals surface area contributed by atoms with Gasteiger partial charge in [-0.05, 0) is 31.2 Å². The number of nitrogens with one attached hydrogen (secondary N) is 1. The fraction of sp³-hybridized carbons (Fsp3) is 0.500. The third-order valence-electron chi connectivity index (χ3n) is 3.59. The maximum Gasteiger partial charge on any atom is 0.226 e. The molecule has 0 atom stereocenters. The first kappa shape index (κ1) is 17.2. The number of nitrogens with zero attached hydrogens (tertiary/aromatic N) is 2. The number of amides is 1. The number of benzene rings is 1. The van der Waals surface area contributed by atoms with Crippen LogP contribution in [0, 0.1) is 0 Å². The Morgan fingerprint density at radius 3 is 2.74 bits per heavy atom. The van der Waals surface area contributed by atoms with Gasteiger partial charge in [-0.2, -0.15) is 4.98 Å². The molecule has 0 aliphatic rings. The Hall–Kier alpha value is -2.17. The first-order chi connectivity index (χ1) is 11.3. The minimum atomic E-state index is 0.0892. The van der Waals surface area contributed by atoms with Crippen molar-refractivity contribution >= 4 is 5.91 Å². The van der Waals surface area contributed by atoms with Gasteiger partial charge in [0.1, 0.15) is 0 Å². The van der Waals surface area contributed by atoms with Gasteiger partial charge in [0.2, 0.25) is 11.8 Å². The van der Waals surface area contributed by atoms with E-state index in [4.69, 9.17) is 4.52 Å². The molecule has 2 aromatic rings. The number of aromatic nitrogens is 2. The minimum Gasteiger partial charge on any atom is -0.356 e. The zero-order valence-corrected chi connectivity index (χ0v) is 13.8. The zero-order chi connectivity index (χ0) is 16.3. The molecule has 23 heavy (non-hydrogen) atoms. The fourth-order valence-corrected chi connectivity index (χ4v) is 2.37. The molecule has 0 saturated carbocycles. The summed E-state index contributed by atoms with van der Waals surface area (Å²) in [5.41, 5.74) is 1.31. The topological polar surface area (TPSA) is 68.0 Å². The molecule has 0 spiro atoms. The van der Waals surface area contributed by atoms with E-state index >= 15 is 0 Å². The molecule has 1 heterocycles. The minimum absolute atomic E-state index is 0.0892. The molecule has 5 nitrogen and oxygen atoms in total. The monoisotopic (exact) mass is 315 g/mol. The van der Waals surface area contributed by atoms with Gasteiger partial charge in [-0.25, -0.2) is 0 Å². The molecule has 0 unspecified atom stereocenters. The zero-order valence-electron chi connectivity index (χ0n) is 13.8. The fourth-order valence-electron chi connectivity index (χ4n) is 2.37. The highest BCUT2D eigenvalue weighted by Crippen LogP contribution is 2.05. The Morgan fingerprint density at radius 1 is 1.13 bits per heavy atom. The molecule has 1 amide bonds. The molecule has 0 saturated heterocycles. The largest absolute Gasteiger partial charge is 0.356 e. The van der Waals surface area contributed by atoms with Gasteiger partial charge in [-0.1, -0.05) is 42.4 Å². The summed E-state index contributed by atoms with van der Waals surface area (Å²) in [6.45, 7) is 2.80. The second kappa shape index (κ2) is 9.77. The Labute approximate surface area is 137 Å². The lowest BCUT2D eigenvalue weighted by molar-refractivity contribution is -0.121. The first-order valence-corrected chi connectivity index (χ1v) is 8.40. The molecule has 0 aliphatic heterocycles. The van der Waals surface area contributed by atoms with Gasteiger partial charge in [-0.3, -0.25) is 4.79 Å². The molecular weight excluding hydrogens is 290 g/mol. The molecule has 0 bridgehead atoms. The van der Waals surface area contributed by atoms with Crippen LogP contribution in [0.3, 0.4) is 0 Å². The van der Waals surface area contributed by atoms with Crippen molar-refractivity contribution in [3.63, 3.8) is 0 Å². The van der Waals surface area contributed by atoms with Gasteiger partial charge >= 0.3 is 0 Å². The average molecular weight is 315 g/mol.